The Morgan fingerprint density at radius 3 is 2.68 bits per heavy atom. The lowest BCUT2D eigenvalue weighted by Crippen LogP contribution is -2.36. The Balaban J connectivity index is 1.42. The summed E-state index contributed by atoms with van der Waals surface area (Å²) in [6, 6.07) is 17.7. The molecule has 6 nitrogen and oxygen atoms in total. The van der Waals surface area contributed by atoms with E-state index in [1.54, 1.807) is 0 Å². The molecule has 1 aliphatic carbocycles. The summed E-state index contributed by atoms with van der Waals surface area (Å²) in [5.74, 6) is 0.763. The van der Waals surface area contributed by atoms with Gasteiger partial charge in [0.2, 0.25) is 5.95 Å². The summed E-state index contributed by atoms with van der Waals surface area (Å²) >= 11 is 6.20. The molecule has 0 unspecified atom stereocenters. The quantitative estimate of drug-likeness (QED) is 0.510. The minimum Gasteiger partial charge on any atom is -0.489 e. The second-order valence-corrected chi connectivity index (χ2v) is 8.03. The van der Waals surface area contributed by atoms with E-state index in [9.17, 15) is 4.79 Å². The van der Waals surface area contributed by atoms with E-state index in [4.69, 9.17) is 16.3 Å². The van der Waals surface area contributed by atoms with Gasteiger partial charge in [-0.1, -0.05) is 67.3 Å². The monoisotopic (exact) mass is 436 g/mol. The third kappa shape index (κ3) is 5.95. The van der Waals surface area contributed by atoms with Crippen LogP contribution in [0.4, 0.5) is 11.6 Å². The summed E-state index contributed by atoms with van der Waals surface area (Å²) in [6.07, 6.45) is 6.94. The maximum atomic E-state index is 12.7. The number of rotatable bonds is 7. The molecule has 1 aliphatic rings. The number of amides is 1. The Morgan fingerprint density at radius 2 is 1.87 bits per heavy atom. The Bertz CT molecular complexity index is 1020. The first kappa shape index (κ1) is 21.1. The highest BCUT2D eigenvalue weighted by molar-refractivity contribution is 6.33. The second-order valence-electron chi connectivity index (χ2n) is 7.63. The normalized spacial score (nSPS) is 14.1. The van der Waals surface area contributed by atoms with Gasteiger partial charge in [-0.15, -0.1) is 0 Å². The van der Waals surface area contributed by atoms with E-state index in [1.807, 2.05) is 54.6 Å². The number of aromatic nitrogens is 2. The zero-order valence-electron chi connectivity index (χ0n) is 17.2. The average Bonchev–Trinajstić information content (AvgIpc) is 2.80. The van der Waals surface area contributed by atoms with Gasteiger partial charge in [0.1, 0.15) is 12.4 Å². The van der Waals surface area contributed by atoms with Crippen molar-refractivity contribution in [3.63, 3.8) is 0 Å². The highest BCUT2D eigenvalue weighted by Crippen LogP contribution is 2.23. The molecule has 0 radical (unpaired) electrons. The Labute approximate surface area is 187 Å². The van der Waals surface area contributed by atoms with Crippen LogP contribution >= 0.6 is 11.6 Å². The van der Waals surface area contributed by atoms with Crippen LogP contribution in [0.3, 0.4) is 0 Å². The molecule has 1 amide bonds. The van der Waals surface area contributed by atoms with Gasteiger partial charge in [-0.2, -0.15) is 0 Å². The van der Waals surface area contributed by atoms with Crippen molar-refractivity contribution in [2.24, 2.45) is 0 Å². The van der Waals surface area contributed by atoms with E-state index in [0.29, 0.717) is 12.6 Å². The van der Waals surface area contributed by atoms with Gasteiger partial charge in [-0.3, -0.25) is 4.79 Å². The van der Waals surface area contributed by atoms with E-state index >= 15 is 0 Å². The molecule has 3 aromatic rings. The van der Waals surface area contributed by atoms with Gasteiger partial charge in [-0.25, -0.2) is 9.97 Å². The summed E-state index contributed by atoms with van der Waals surface area (Å²) in [7, 11) is 0. The molecule has 7 heteroatoms. The summed E-state index contributed by atoms with van der Waals surface area (Å²) in [4.78, 5) is 21.2. The van der Waals surface area contributed by atoms with Crippen molar-refractivity contribution in [3.05, 3.63) is 77.1 Å². The first-order valence-electron chi connectivity index (χ1n) is 10.5. The molecule has 0 saturated heterocycles. The minimum atomic E-state index is -0.262. The Kier molecular flexibility index (Phi) is 6.99. The molecule has 0 atom stereocenters. The number of anilines is 2. The smallest absolute Gasteiger partial charge is 0.271 e. The molecule has 160 valence electrons. The standard InChI is InChI=1S/C24H25ClN4O2/c25-21-15-26-24(29-22(21)23(30)27-18-10-5-2-6-11-18)28-19-12-7-13-20(14-19)31-16-17-8-3-1-4-9-17/h1,3-4,7-9,12-15,18H,2,5-6,10-11,16H2,(H,27,30)(H,26,28,29). The first-order valence-corrected chi connectivity index (χ1v) is 10.9. The highest BCUT2D eigenvalue weighted by atomic mass is 35.5. The van der Waals surface area contributed by atoms with Crippen molar-refractivity contribution >= 4 is 29.1 Å². The molecule has 0 spiro atoms. The van der Waals surface area contributed by atoms with Crippen LogP contribution in [0.1, 0.15) is 48.2 Å². The van der Waals surface area contributed by atoms with Crippen molar-refractivity contribution in [1.82, 2.24) is 15.3 Å². The van der Waals surface area contributed by atoms with Gasteiger partial charge < -0.3 is 15.4 Å². The molecule has 2 aromatic carbocycles. The molecule has 1 saturated carbocycles. The number of nitrogens with zero attached hydrogens (tertiary/aromatic N) is 2. The predicted molar refractivity (Wildman–Crippen MR) is 122 cm³/mol. The summed E-state index contributed by atoms with van der Waals surface area (Å²) in [6.45, 7) is 0.479. The van der Waals surface area contributed by atoms with Crippen molar-refractivity contribution in [2.45, 2.75) is 44.8 Å². The molecular weight excluding hydrogens is 412 g/mol. The van der Waals surface area contributed by atoms with Crippen LogP contribution in [0.25, 0.3) is 0 Å². The fraction of sp³-hybridized carbons (Fsp3) is 0.292. The number of hydrogen-bond donors (Lipinski definition) is 2. The van der Waals surface area contributed by atoms with Gasteiger partial charge in [0.25, 0.3) is 5.91 Å². The average molecular weight is 437 g/mol. The van der Waals surface area contributed by atoms with Crippen LogP contribution in [-0.4, -0.2) is 21.9 Å². The molecule has 1 fully saturated rings. The molecule has 0 bridgehead atoms. The minimum absolute atomic E-state index is 0.182. The van der Waals surface area contributed by atoms with E-state index in [1.165, 1.54) is 12.6 Å². The lowest BCUT2D eigenvalue weighted by molar-refractivity contribution is 0.0923. The van der Waals surface area contributed by atoms with Gasteiger partial charge >= 0.3 is 0 Å². The number of halogens is 1. The third-order valence-corrected chi connectivity index (χ3v) is 5.51. The van der Waals surface area contributed by atoms with Crippen LogP contribution in [0, 0.1) is 0 Å². The lowest BCUT2D eigenvalue weighted by Gasteiger charge is -2.22. The predicted octanol–water partition coefficient (Wildman–Crippen LogP) is 5.52. The number of nitrogens with one attached hydrogen (secondary N) is 2. The van der Waals surface area contributed by atoms with Gasteiger partial charge in [-0.05, 0) is 30.5 Å². The maximum Gasteiger partial charge on any atom is 0.271 e. The van der Waals surface area contributed by atoms with Gasteiger partial charge in [0, 0.05) is 17.8 Å². The molecular formula is C24H25ClN4O2. The van der Waals surface area contributed by atoms with Crippen LogP contribution in [0.15, 0.2) is 60.8 Å². The number of carbonyl (C=O) groups excluding carboxylic acids is 1. The molecule has 1 heterocycles. The van der Waals surface area contributed by atoms with Crippen LogP contribution in [-0.2, 0) is 6.61 Å². The molecule has 1 aromatic heterocycles. The van der Waals surface area contributed by atoms with Crippen LogP contribution < -0.4 is 15.4 Å². The van der Waals surface area contributed by atoms with E-state index in [2.05, 4.69) is 20.6 Å². The lowest BCUT2D eigenvalue weighted by atomic mass is 9.95. The van der Waals surface area contributed by atoms with Crippen molar-refractivity contribution in [3.8, 4) is 5.75 Å². The van der Waals surface area contributed by atoms with Gasteiger partial charge in [0.15, 0.2) is 5.69 Å². The topological polar surface area (TPSA) is 76.1 Å². The van der Waals surface area contributed by atoms with E-state index in [0.717, 1.165) is 42.7 Å². The summed E-state index contributed by atoms with van der Waals surface area (Å²) in [5, 5.41) is 6.41. The number of carbonyl (C=O) groups is 1. The van der Waals surface area contributed by atoms with Crippen LogP contribution in [0.2, 0.25) is 5.02 Å². The fourth-order valence-corrected chi connectivity index (χ4v) is 3.80. The fourth-order valence-electron chi connectivity index (χ4n) is 3.62. The van der Waals surface area contributed by atoms with Crippen molar-refractivity contribution in [1.29, 1.82) is 0 Å². The Hall–Kier alpha value is -3.12. The molecule has 0 aliphatic heterocycles. The van der Waals surface area contributed by atoms with E-state index < -0.39 is 0 Å². The molecule has 2 N–H and O–H groups in total. The number of benzene rings is 2. The zero-order chi connectivity index (χ0) is 21.5. The van der Waals surface area contributed by atoms with E-state index in [-0.39, 0.29) is 22.7 Å². The molecule has 4 rings (SSSR count). The summed E-state index contributed by atoms with van der Waals surface area (Å²) in [5.41, 5.74) is 2.03. The largest absolute Gasteiger partial charge is 0.489 e. The SMILES string of the molecule is O=C(NC1CCCCC1)c1nc(Nc2cccc(OCc3ccccc3)c2)ncc1Cl. The van der Waals surface area contributed by atoms with Crippen molar-refractivity contribution < 1.29 is 9.53 Å². The highest BCUT2D eigenvalue weighted by Gasteiger charge is 2.20. The Morgan fingerprint density at radius 1 is 1.06 bits per heavy atom. The molecule has 31 heavy (non-hydrogen) atoms. The third-order valence-electron chi connectivity index (χ3n) is 5.24. The second kappa shape index (κ2) is 10.3. The van der Waals surface area contributed by atoms with Gasteiger partial charge in [0.05, 0.1) is 11.2 Å². The number of ether oxygens (including phenoxy) is 1. The maximum absolute atomic E-state index is 12.7. The zero-order valence-corrected chi connectivity index (χ0v) is 17.9. The first-order chi connectivity index (χ1) is 15.2. The van der Waals surface area contributed by atoms with Crippen molar-refractivity contribution in [2.75, 3.05) is 5.32 Å². The van der Waals surface area contributed by atoms with Crippen LogP contribution in [0.5, 0.6) is 5.75 Å². The number of hydrogen-bond acceptors (Lipinski definition) is 5. The summed E-state index contributed by atoms with van der Waals surface area (Å²) < 4.78 is 5.87.